The topological polar surface area (TPSA) is 102 Å². The van der Waals surface area contributed by atoms with E-state index < -0.39 is 28.0 Å². The average Bonchev–Trinajstić information content (AvgIpc) is 2.76. The average molecular weight is 463 g/mol. The van der Waals surface area contributed by atoms with Crippen molar-refractivity contribution in [3.63, 3.8) is 0 Å². The molecule has 1 amide bonds. The molecule has 9 heteroatoms. The monoisotopic (exact) mass is 462 g/mol. The highest BCUT2D eigenvalue weighted by atomic mass is 32.2. The van der Waals surface area contributed by atoms with Gasteiger partial charge in [-0.2, -0.15) is 4.31 Å². The summed E-state index contributed by atoms with van der Waals surface area (Å²) in [7, 11) is -3.73. The van der Waals surface area contributed by atoms with Crippen LogP contribution < -0.4 is 10.1 Å². The van der Waals surface area contributed by atoms with Crippen LogP contribution in [0.25, 0.3) is 0 Å². The van der Waals surface area contributed by atoms with Crippen LogP contribution in [-0.2, 0) is 19.6 Å². The van der Waals surface area contributed by atoms with Crippen LogP contribution in [-0.4, -0.2) is 50.4 Å². The number of benzene rings is 2. The number of esters is 1. The molecule has 8 nitrogen and oxygen atoms in total. The van der Waals surface area contributed by atoms with Crippen LogP contribution in [0, 0.1) is 6.92 Å². The van der Waals surface area contributed by atoms with Gasteiger partial charge in [0, 0.05) is 18.8 Å². The summed E-state index contributed by atoms with van der Waals surface area (Å²) in [5.41, 5.74) is 1.18. The molecule has 174 valence electrons. The first kappa shape index (κ1) is 25.4. The van der Waals surface area contributed by atoms with Crippen molar-refractivity contribution in [2.75, 3.05) is 25.0 Å². The molecule has 1 unspecified atom stereocenters. The predicted octanol–water partition coefficient (Wildman–Crippen LogP) is 3.61. The van der Waals surface area contributed by atoms with Crippen LogP contribution in [0.5, 0.6) is 5.75 Å². The summed E-state index contributed by atoms with van der Waals surface area (Å²) in [5.74, 6) is -0.597. The second-order valence-electron chi connectivity index (χ2n) is 7.06. The maximum Gasteiger partial charge on any atom is 0.339 e. The van der Waals surface area contributed by atoms with E-state index in [2.05, 4.69) is 5.32 Å². The molecule has 0 saturated carbocycles. The molecule has 0 bridgehead atoms. The summed E-state index contributed by atoms with van der Waals surface area (Å²) in [4.78, 5) is 25.2. The number of hydrogen-bond donors (Lipinski definition) is 1. The normalized spacial score (nSPS) is 12.3. The van der Waals surface area contributed by atoms with Crippen LogP contribution in [0.3, 0.4) is 0 Å². The maximum atomic E-state index is 12.8. The van der Waals surface area contributed by atoms with E-state index in [0.29, 0.717) is 36.7 Å². The third kappa shape index (κ3) is 6.08. The summed E-state index contributed by atoms with van der Waals surface area (Å²) in [6.07, 6.45) is -1.09. The highest BCUT2D eigenvalue weighted by Crippen LogP contribution is 2.21. The van der Waals surface area contributed by atoms with Crippen LogP contribution in [0.2, 0.25) is 0 Å². The summed E-state index contributed by atoms with van der Waals surface area (Å²) >= 11 is 0. The van der Waals surface area contributed by atoms with Crippen LogP contribution in [0.1, 0.15) is 43.6 Å². The Labute approximate surface area is 189 Å². The van der Waals surface area contributed by atoms with Crippen molar-refractivity contribution in [1.82, 2.24) is 4.31 Å². The molecule has 2 aromatic carbocycles. The highest BCUT2D eigenvalue weighted by molar-refractivity contribution is 7.89. The van der Waals surface area contributed by atoms with Gasteiger partial charge in [-0.15, -0.1) is 0 Å². The third-order valence-electron chi connectivity index (χ3n) is 4.86. The van der Waals surface area contributed by atoms with Gasteiger partial charge in [-0.05, 0) is 62.7 Å². The number of carbonyl (C=O) groups is 2. The van der Waals surface area contributed by atoms with Crippen LogP contribution >= 0.6 is 0 Å². The van der Waals surface area contributed by atoms with Gasteiger partial charge in [0.1, 0.15) is 5.75 Å². The number of ether oxygens (including phenoxy) is 2. The molecule has 2 aromatic rings. The number of carbonyl (C=O) groups excluding carboxylic acids is 2. The fourth-order valence-electron chi connectivity index (χ4n) is 3.02. The minimum absolute atomic E-state index is 0.00485. The van der Waals surface area contributed by atoms with Crippen molar-refractivity contribution in [2.45, 2.75) is 45.6 Å². The zero-order valence-electron chi connectivity index (χ0n) is 19.0. The van der Waals surface area contributed by atoms with Crippen molar-refractivity contribution < 1.29 is 27.5 Å². The number of anilines is 1. The van der Waals surface area contributed by atoms with E-state index in [9.17, 15) is 18.0 Å². The van der Waals surface area contributed by atoms with Crippen molar-refractivity contribution in [2.24, 2.45) is 0 Å². The molecule has 0 heterocycles. The first-order valence-corrected chi connectivity index (χ1v) is 11.9. The highest BCUT2D eigenvalue weighted by Gasteiger charge is 2.25. The number of amides is 1. The lowest BCUT2D eigenvalue weighted by molar-refractivity contribution is -0.123. The minimum Gasteiger partial charge on any atom is -0.494 e. The molecule has 1 atom stereocenters. The van der Waals surface area contributed by atoms with E-state index in [-0.39, 0.29) is 10.5 Å². The van der Waals surface area contributed by atoms with Gasteiger partial charge in [0.2, 0.25) is 10.0 Å². The van der Waals surface area contributed by atoms with Gasteiger partial charge in [-0.25, -0.2) is 13.2 Å². The lowest BCUT2D eigenvalue weighted by Crippen LogP contribution is -2.31. The lowest BCUT2D eigenvalue weighted by atomic mass is 10.1. The Morgan fingerprint density at radius 2 is 1.66 bits per heavy atom. The van der Waals surface area contributed by atoms with Crippen LogP contribution in [0.15, 0.2) is 47.4 Å². The molecule has 0 radical (unpaired) electrons. The quantitative estimate of drug-likeness (QED) is 0.541. The van der Waals surface area contributed by atoms with E-state index in [1.165, 1.54) is 23.4 Å². The molecule has 2 rings (SSSR count). The Bertz CT molecular complexity index is 1050. The summed E-state index contributed by atoms with van der Waals surface area (Å²) in [6.45, 7) is 9.66. The molecule has 0 spiro atoms. The molecule has 0 saturated heterocycles. The number of hydrogen-bond acceptors (Lipinski definition) is 6. The third-order valence-corrected chi connectivity index (χ3v) is 6.90. The van der Waals surface area contributed by atoms with E-state index in [0.717, 1.165) is 0 Å². The van der Waals surface area contributed by atoms with Crippen molar-refractivity contribution in [3.8, 4) is 5.75 Å². The van der Waals surface area contributed by atoms with Gasteiger partial charge >= 0.3 is 5.97 Å². The Kier molecular flexibility index (Phi) is 8.80. The fraction of sp³-hybridized carbons (Fsp3) is 0.391. The van der Waals surface area contributed by atoms with E-state index >= 15 is 0 Å². The molecular weight excluding hydrogens is 432 g/mol. The number of nitrogens with one attached hydrogen (secondary N) is 1. The summed E-state index contributed by atoms with van der Waals surface area (Å²) in [5, 5.41) is 2.67. The zero-order chi connectivity index (χ0) is 23.9. The van der Waals surface area contributed by atoms with Gasteiger partial charge in [-0.3, -0.25) is 4.79 Å². The largest absolute Gasteiger partial charge is 0.494 e. The number of rotatable bonds is 10. The molecule has 0 aliphatic carbocycles. The smallest absolute Gasteiger partial charge is 0.339 e. The first-order valence-electron chi connectivity index (χ1n) is 10.5. The number of aryl methyl sites for hydroxylation is 1. The Morgan fingerprint density at radius 1 is 1.03 bits per heavy atom. The summed E-state index contributed by atoms with van der Waals surface area (Å²) < 4.78 is 37.5. The van der Waals surface area contributed by atoms with Gasteiger partial charge in [0.25, 0.3) is 5.91 Å². The molecule has 32 heavy (non-hydrogen) atoms. The second-order valence-corrected chi connectivity index (χ2v) is 9.00. The number of sulfonamides is 1. The SMILES string of the molecule is CCOc1ccc(NC(=O)C(C)OC(=O)c2cc(S(=O)(=O)N(CC)CC)ccc2C)cc1. The van der Waals surface area contributed by atoms with Gasteiger partial charge in [-0.1, -0.05) is 19.9 Å². The Balaban J connectivity index is 2.13. The van der Waals surface area contributed by atoms with Crippen molar-refractivity contribution >= 4 is 27.6 Å². The molecule has 0 aliphatic heterocycles. The van der Waals surface area contributed by atoms with E-state index in [1.807, 2.05) is 6.92 Å². The second kappa shape index (κ2) is 11.1. The zero-order valence-corrected chi connectivity index (χ0v) is 19.9. The van der Waals surface area contributed by atoms with E-state index in [1.54, 1.807) is 51.1 Å². The predicted molar refractivity (Wildman–Crippen MR) is 122 cm³/mol. The van der Waals surface area contributed by atoms with Gasteiger partial charge in [0.15, 0.2) is 6.10 Å². The maximum absolute atomic E-state index is 12.8. The Morgan fingerprint density at radius 3 is 2.22 bits per heavy atom. The fourth-order valence-corrected chi connectivity index (χ4v) is 4.50. The molecule has 0 aromatic heterocycles. The van der Waals surface area contributed by atoms with Crippen molar-refractivity contribution in [3.05, 3.63) is 53.6 Å². The minimum atomic E-state index is -3.73. The molecular formula is C23H30N2O6S. The van der Waals surface area contributed by atoms with Crippen LogP contribution in [0.4, 0.5) is 5.69 Å². The first-order chi connectivity index (χ1) is 15.1. The van der Waals surface area contributed by atoms with Crippen molar-refractivity contribution in [1.29, 1.82) is 0 Å². The van der Waals surface area contributed by atoms with Gasteiger partial charge in [0.05, 0.1) is 17.1 Å². The molecule has 0 fully saturated rings. The lowest BCUT2D eigenvalue weighted by Gasteiger charge is -2.19. The standard InChI is InChI=1S/C23H30N2O6S/c1-6-25(7-2)32(28,29)20-14-9-16(4)21(15-20)23(27)31-17(5)22(26)24-18-10-12-19(13-11-18)30-8-3/h9-15,17H,6-8H2,1-5H3,(H,24,26). The molecule has 1 N–H and O–H groups in total. The number of nitrogens with zero attached hydrogens (tertiary/aromatic N) is 1. The summed E-state index contributed by atoms with van der Waals surface area (Å²) in [6, 6.07) is 11.1. The van der Waals surface area contributed by atoms with E-state index in [4.69, 9.17) is 9.47 Å². The molecule has 0 aliphatic rings. The van der Waals surface area contributed by atoms with Gasteiger partial charge < -0.3 is 14.8 Å². The Hall–Kier alpha value is -2.91.